The largest absolute Gasteiger partial charge is 0.364 e. The summed E-state index contributed by atoms with van der Waals surface area (Å²) in [6.07, 6.45) is 2.11. The van der Waals surface area contributed by atoms with Crippen molar-refractivity contribution in [3.63, 3.8) is 0 Å². The number of hydrogen-bond acceptors (Lipinski definition) is 3. The minimum atomic E-state index is -3.65. The minimum absolute atomic E-state index is 0.0966. The second kappa shape index (κ2) is 8.00. The van der Waals surface area contributed by atoms with Crippen molar-refractivity contribution in [1.29, 1.82) is 0 Å². The Labute approximate surface area is 190 Å². The summed E-state index contributed by atoms with van der Waals surface area (Å²) in [6.45, 7) is 5.16. The molecule has 2 aliphatic heterocycles. The van der Waals surface area contributed by atoms with Crippen LogP contribution in [0.4, 0.5) is 0 Å². The molecule has 0 spiro atoms. The molecule has 164 valence electrons. The van der Waals surface area contributed by atoms with Crippen LogP contribution in [-0.2, 0) is 20.4 Å². The van der Waals surface area contributed by atoms with Crippen LogP contribution in [0.2, 0.25) is 0 Å². The Morgan fingerprint density at radius 2 is 1.66 bits per heavy atom. The van der Waals surface area contributed by atoms with E-state index >= 15 is 0 Å². The summed E-state index contributed by atoms with van der Waals surface area (Å²) in [6, 6.07) is 25.6. The van der Waals surface area contributed by atoms with Crippen LogP contribution in [0.5, 0.6) is 0 Å². The van der Waals surface area contributed by atoms with Gasteiger partial charge in [0.25, 0.3) is 0 Å². The highest BCUT2D eigenvalue weighted by Crippen LogP contribution is 2.50. The lowest BCUT2D eigenvalue weighted by Crippen LogP contribution is -2.42. The molecule has 0 aromatic heterocycles. The van der Waals surface area contributed by atoms with Gasteiger partial charge in [-0.05, 0) is 42.7 Å². The van der Waals surface area contributed by atoms with Gasteiger partial charge in [0.15, 0.2) is 0 Å². The Morgan fingerprint density at radius 3 is 2.38 bits per heavy atom. The first-order chi connectivity index (χ1) is 15.4. The molecule has 3 aromatic carbocycles. The summed E-state index contributed by atoms with van der Waals surface area (Å²) >= 11 is 0. The van der Waals surface area contributed by atoms with Gasteiger partial charge < -0.3 is 4.74 Å². The molecular formula is C27H27NO3S. The fraction of sp³-hybridized carbons (Fsp3) is 0.259. The molecule has 0 N–H and O–H groups in total. The van der Waals surface area contributed by atoms with E-state index in [1.165, 1.54) is 5.56 Å². The predicted molar refractivity (Wildman–Crippen MR) is 127 cm³/mol. The molecule has 2 atom stereocenters. The topological polar surface area (TPSA) is 46.6 Å². The molecule has 3 aromatic rings. The van der Waals surface area contributed by atoms with Crippen LogP contribution >= 0.6 is 0 Å². The first kappa shape index (κ1) is 21.1. The Hall–Kier alpha value is -2.73. The predicted octanol–water partition coefficient (Wildman–Crippen LogP) is 4.93. The van der Waals surface area contributed by atoms with Crippen LogP contribution in [0.3, 0.4) is 0 Å². The summed E-state index contributed by atoms with van der Waals surface area (Å²) < 4.78 is 35.3. The monoisotopic (exact) mass is 445 g/mol. The van der Waals surface area contributed by atoms with Gasteiger partial charge in [-0.1, -0.05) is 83.9 Å². The van der Waals surface area contributed by atoms with Crippen molar-refractivity contribution in [3.8, 4) is 0 Å². The van der Waals surface area contributed by atoms with E-state index < -0.39 is 15.6 Å². The number of rotatable bonds is 4. The van der Waals surface area contributed by atoms with E-state index in [4.69, 9.17) is 4.74 Å². The third-order valence-electron chi connectivity index (χ3n) is 6.65. The zero-order valence-corrected chi connectivity index (χ0v) is 19.2. The molecule has 0 bridgehead atoms. The van der Waals surface area contributed by atoms with Crippen molar-refractivity contribution in [2.24, 2.45) is 5.92 Å². The molecule has 4 nitrogen and oxygen atoms in total. The van der Waals surface area contributed by atoms with E-state index in [-0.39, 0.29) is 5.92 Å². The van der Waals surface area contributed by atoms with Gasteiger partial charge in [-0.2, -0.15) is 4.31 Å². The highest BCUT2D eigenvalue weighted by Gasteiger charge is 2.54. The van der Waals surface area contributed by atoms with Crippen LogP contribution in [0.25, 0.3) is 5.57 Å². The van der Waals surface area contributed by atoms with Gasteiger partial charge in [0.1, 0.15) is 5.60 Å². The third kappa shape index (κ3) is 3.51. The van der Waals surface area contributed by atoms with Crippen molar-refractivity contribution in [3.05, 3.63) is 107 Å². The molecule has 1 saturated heterocycles. The summed E-state index contributed by atoms with van der Waals surface area (Å²) in [7, 11) is -3.65. The SMILES string of the molecule is Cc1ccc(S(=O)(=O)N2C[C@@H]3C(c4cccc(C)c4)=CCO[C@]3(c3ccccc3)C2)cc1. The van der Waals surface area contributed by atoms with Crippen molar-refractivity contribution < 1.29 is 13.2 Å². The van der Waals surface area contributed by atoms with E-state index in [1.54, 1.807) is 16.4 Å². The van der Waals surface area contributed by atoms with Crippen molar-refractivity contribution in [2.45, 2.75) is 24.3 Å². The van der Waals surface area contributed by atoms with E-state index in [1.807, 2.05) is 49.4 Å². The number of benzene rings is 3. The van der Waals surface area contributed by atoms with Gasteiger partial charge in [-0.15, -0.1) is 0 Å². The quantitative estimate of drug-likeness (QED) is 0.572. The standard InChI is InChI=1S/C27H27NO3S/c1-20-11-13-24(14-12-20)32(29,30)28-18-26-25(22-8-6-7-21(2)17-22)15-16-31-27(26,19-28)23-9-4-3-5-10-23/h3-15,17,26H,16,18-19H2,1-2H3/t26-,27+/m1/s1. The van der Waals surface area contributed by atoms with Crippen LogP contribution < -0.4 is 0 Å². The Balaban J connectivity index is 1.61. The summed E-state index contributed by atoms with van der Waals surface area (Å²) in [5, 5.41) is 0. The first-order valence-corrected chi connectivity index (χ1v) is 12.4. The van der Waals surface area contributed by atoms with Gasteiger partial charge in [-0.25, -0.2) is 8.42 Å². The van der Waals surface area contributed by atoms with Crippen LogP contribution in [0.15, 0.2) is 89.8 Å². The van der Waals surface area contributed by atoms with E-state index in [0.717, 1.165) is 22.3 Å². The fourth-order valence-corrected chi connectivity index (χ4v) is 6.47. The van der Waals surface area contributed by atoms with Gasteiger partial charge in [-0.3, -0.25) is 0 Å². The summed E-state index contributed by atoms with van der Waals surface area (Å²) in [4.78, 5) is 0.325. The van der Waals surface area contributed by atoms with Gasteiger partial charge >= 0.3 is 0 Å². The lowest BCUT2D eigenvalue weighted by atomic mass is 9.75. The molecule has 5 rings (SSSR count). The Morgan fingerprint density at radius 1 is 0.906 bits per heavy atom. The van der Waals surface area contributed by atoms with E-state index in [0.29, 0.717) is 24.6 Å². The maximum Gasteiger partial charge on any atom is 0.243 e. The molecule has 5 heteroatoms. The molecule has 2 heterocycles. The van der Waals surface area contributed by atoms with Crippen LogP contribution in [-0.4, -0.2) is 32.4 Å². The molecule has 0 unspecified atom stereocenters. The number of hydrogen-bond donors (Lipinski definition) is 0. The van der Waals surface area contributed by atoms with Gasteiger partial charge in [0, 0.05) is 19.0 Å². The van der Waals surface area contributed by atoms with Crippen LogP contribution in [0, 0.1) is 19.8 Å². The van der Waals surface area contributed by atoms with E-state index in [9.17, 15) is 8.42 Å². The third-order valence-corrected chi connectivity index (χ3v) is 8.48. The fourth-order valence-electron chi connectivity index (χ4n) is 4.99. The molecule has 0 amide bonds. The second-order valence-corrected chi connectivity index (χ2v) is 10.7. The molecule has 0 saturated carbocycles. The lowest BCUT2D eigenvalue weighted by molar-refractivity contribution is -0.0487. The zero-order chi connectivity index (χ0) is 22.3. The van der Waals surface area contributed by atoms with Crippen molar-refractivity contribution in [1.82, 2.24) is 4.31 Å². The Bertz CT molecular complexity index is 1270. The number of ether oxygens (including phenoxy) is 1. The van der Waals surface area contributed by atoms with Gasteiger partial charge in [0.2, 0.25) is 10.0 Å². The number of sulfonamides is 1. The minimum Gasteiger partial charge on any atom is -0.364 e. The van der Waals surface area contributed by atoms with Crippen molar-refractivity contribution in [2.75, 3.05) is 19.7 Å². The van der Waals surface area contributed by atoms with Crippen molar-refractivity contribution >= 4 is 15.6 Å². The highest BCUT2D eigenvalue weighted by molar-refractivity contribution is 7.89. The van der Waals surface area contributed by atoms with Crippen LogP contribution in [0.1, 0.15) is 22.3 Å². The Kier molecular flexibility index (Phi) is 5.28. The van der Waals surface area contributed by atoms with Gasteiger partial charge in [0.05, 0.1) is 11.5 Å². The zero-order valence-electron chi connectivity index (χ0n) is 18.4. The smallest absolute Gasteiger partial charge is 0.243 e. The lowest BCUT2D eigenvalue weighted by Gasteiger charge is -2.39. The molecule has 0 radical (unpaired) electrons. The average Bonchev–Trinajstić information content (AvgIpc) is 3.22. The maximum absolute atomic E-state index is 13.6. The molecule has 32 heavy (non-hydrogen) atoms. The maximum atomic E-state index is 13.6. The highest BCUT2D eigenvalue weighted by atomic mass is 32.2. The second-order valence-electron chi connectivity index (χ2n) is 8.76. The number of aryl methyl sites for hydroxylation is 2. The average molecular weight is 446 g/mol. The van der Waals surface area contributed by atoms with E-state index in [2.05, 4.69) is 37.3 Å². The molecule has 1 fully saturated rings. The first-order valence-electron chi connectivity index (χ1n) is 10.9. The number of fused-ring (bicyclic) bond motifs is 1. The summed E-state index contributed by atoms with van der Waals surface area (Å²) in [5.74, 6) is -0.0966. The molecule has 2 aliphatic rings. The molecule has 0 aliphatic carbocycles. The normalized spacial score (nSPS) is 23.6. The molecular weight excluding hydrogens is 418 g/mol. The number of nitrogens with zero attached hydrogens (tertiary/aromatic N) is 1. The summed E-state index contributed by atoms with van der Waals surface area (Å²) in [5.41, 5.74) is 4.81.